The average Bonchev–Trinajstić information content (AvgIpc) is 2.60. The zero-order valence-corrected chi connectivity index (χ0v) is 13.8. The van der Waals surface area contributed by atoms with Crippen LogP contribution < -0.4 is 15.8 Å². The molecule has 0 aromatic heterocycles. The number of para-hydroxylation sites is 1. The van der Waals surface area contributed by atoms with Crippen molar-refractivity contribution in [2.75, 3.05) is 11.9 Å². The Hall–Kier alpha value is -3.30. The fourth-order valence-electron chi connectivity index (χ4n) is 1.92. The Labute approximate surface area is 149 Å². The molecule has 126 valence electrons. The summed E-state index contributed by atoms with van der Waals surface area (Å²) < 4.78 is 5.28. The van der Waals surface area contributed by atoms with Gasteiger partial charge in [-0.2, -0.15) is 5.26 Å². The number of nitrogens with two attached hydrogens (primary N) is 1. The Morgan fingerprint density at radius 1 is 1.20 bits per heavy atom. The van der Waals surface area contributed by atoms with E-state index in [-0.39, 0.29) is 12.2 Å². The highest BCUT2D eigenvalue weighted by Gasteiger charge is 2.11. The maximum Gasteiger partial charge on any atom is 0.266 e. The van der Waals surface area contributed by atoms with Gasteiger partial charge in [-0.1, -0.05) is 29.8 Å². The minimum Gasteiger partial charge on any atom is -0.483 e. The van der Waals surface area contributed by atoms with E-state index >= 15 is 0 Å². The number of ether oxygens (including phenoxy) is 1. The SMILES string of the molecule is N#CC(=Cc1ccccc1OCC(N)=O)C(=O)Nc1ccc(Cl)cc1. The van der Waals surface area contributed by atoms with E-state index in [0.29, 0.717) is 22.0 Å². The van der Waals surface area contributed by atoms with Gasteiger partial charge in [0.1, 0.15) is 17.4 Å². The van der Waals surface area contributed by atoms with Crippen molar-refractivity contribution in [2.24, 2.45) is 5.73 Å². The molecule has 0 aliphatic heterocycles. The molecule has 0 aliphatic carbocycles. The van der Waals surface area contributed by atoms with Crippen LogP contribution in [0.3, 0.4) is 0 Å². The van der Waals surface area contributed by atoms with E-state index in [4.69, 9.17) is 22.1 Å². The first-order valence-electron chi connectivity index (χ1n) is 7.18. The van der Waals surface area contributed by atoms with Crippen LogP contribution in [0.2, 0.25) is 5.02 Å². The number of hydrogen-bond acceptors (Lipinski definition) is 4. The minimum absolute atomic E-state index is 0.120. The molecule has 0 atom stereocenters. The molecule has 3 N–H and O–H groups in total. The molecular formula is C18H14ClN3O3. The first-order valence-corrected chi connectivity index (χ1v) is 7.56. The van der Waals surface area contributed by atoms with Gasteiger partial charge in [0, 0.05) is 16.3 Å². The lowest BCUT2D eigenvalue weighted by Crippen LogP contribution is -2.20. The second-order valence-electron chi connectivity index (χ2n) is 4.92. The second-order valence-corrected chi connectivity index (χ2v) is 5.36. The molecule has 0 heterocycles. The van der Waals surface area contributed by atoms with E-state index < -0.39 is 11.8 Å². The number of anilines is 1. The normalized spacial score (nSPS) is 10.6. The van der Waals surface area contributed by atoms with E-state index in [1.54, 1.807) is 48.5 Å². The number of hydrogen-bond donors (Lipinski definition) is 2. The maximum atomic E-state index is 12.3. The zero-order valence-electron chi connectivity index (χ0n) is 13.0. The summed E-state index contributed by atoms with van der Waals surface area (Å²) in [4.78, 5) is 23.1. The van der Waals surface area contributed by atoms with Crippen molar-refractivity contribution in [1.82, 2.24) is 0 Å². The molecule has 6 nitrogen and oxygen atoms in total. The number of nitriles is 1. The van der Waals surface area contributed by atoms with Gasteiger partial charge >= 0.3 is 0 Å². The van der Waals surface area contributed by atoms with Crippen molar-refractivity contribution in [2.45, 2.75) is 0 Å². The summed E-state index contributed by atoms with van der Waals surface area (Å²) in [6, 6.07) is 15.0. The minimum atomic E-state index is -0.625. The summed E-state index contributed by atoms with van der Waals surface area (Å²) in [5, 5.41) is 12.4. The van der Waals surface area contributed by atoms with Crippen molar-refractivity contribution in [1.29, 1.82) is 5.26 Å². The number of amides is 2. The number of halogens is 1. The summed E-state index contributed by atoms with van der Waals surface area (Å²) in [6.07, 6.45) is 1.38. The number of primary amides is 1. The predicted molar refractivity (Wildman–Crippen MR) is 94.8 cm³/mol. The lowest BCUT2D eigenvalue weighted by atomic mass is 10.1. The van der Waals surface area contributed by atoms with Gasteiger partial charge in [-0.15, -0.1) is 0 Å². The van der Waals surface area contributed by atoms with E-state index in [1.807, 2.05) is 6.07 Å². The highest BCUT2D eigenvalue weighted by Crippen LogP contribution is 2.21. The number of carbonyl (C=O) groups is 2. The van der Waals surface area contributed by atoms with Crippen LogP contribution in [0.15, 0.2) is 54.1 Å². The summed E-state index contributed by atoms with van der Waals surface area (Å²) in [5.41, 5.74) is 5.92. The Morgan fingerprint density at radius 2 is 1.88 bits per heavy atom. The second kappa shape index (κ2) is 8.52. The summed E-state index contributed by atoms with van der Waals surface area (Å²) in [6.45, 7) is -0.302. The standard InChI is InChI=1S/C18H14ClN3O3/c19-14-5-7-15(8-6-14)22-18(24)13(10-20)9-12-3-1-2-4-16(12)25-11-17(21)23/h1-9H,11H2,(H2,21,23)(H,22,24). The van der Waals surface area contributed by atoms with E-state index in [0.717, 1.165) is 0 Å². The Morgan fingerprint density at radius 3 is 2.52 bits per heavy atom. The van der Waals surface area contributed by atoms with Crippen molar-refractivity contribution >= 4 is 35.2 Å². The molecule has 0 unspecified atom stereocenters. The van der Waals surface area contributed by atoms with Gasteiger partial charge in [-0.25, -0.2) is 0 Å². The molecule has 2 aromatic carbocycles. The van der Waals surface area contributed by atoms with Crippen LogP contribution in [0.1, 0.15) is 5.56 Å². The first-order chi connectivity index (χ1) is 12.0. The number of carbonyl (C=O) groups excluding carboxylic acids is 2. The number of benzene rings is 2. The van der Waals surface area contributed by atoms with Gasteiger partial charge in [-0.3, -0.25) is 9.59 Å². The average molecular weight is 356 g/mol. The molecule has 25 heavy (non-hydrogen) atoms. The van der Waals surface area contributed by atoms with Crippen LogP contribution in [0.25, 0.3) is 6.08 Å². The third-order valence-corrected chi connectivity index (χ3v) is 3.31. The van der Waals surface area contributed by atoms with Gasteiger partial charge in [0.15, 0.2) is 6.61 Å². The first kappa shape index (κ1) is 18.0. The molecule has 7 heteroatoms. The molecule has 0 spiro atoms. The molecule has 0 fully saturated rings. The Bertz CT molecular complexity index is 855. The highest BCUT2D eigenvalue weighted by atomic mass is 35.5. The molecule has 0 bridgehead atoms. The lowest BCUT2D eigenvalue weighted by molar-refractivity contribution is -0.120. The molecular weight excluding hydrogens is 342 g/mol. The van der Waals surface area contributed by atoms with Crippen LogP contribution >= 0.6 is 11.6 Å². The molecule has 0 saturated heterocycles. The Balaban J connectivity index is 2.22. The smallest absolute Gasteiger partial charge is 0.266 e. The number of nitrogens with one attached hydrogen (secondary N) is 1. The number of nitrogens with zero attached hydrogens (tertiary/aromatic N) is 1. The number of rotatable bonds is 6. The van der Waals surface area contributed by atoms with Crippen LogP contribution in [0.4, 0.5) is 5.69 Å². The summed E-state index contributed by atoms with van der Waals surface area (Å²) in [5.74, 6) is -0.859. The monoisotopic (exact) mass is 355 g/mol. The maximum absolute atomic E-state index is 12.3. The van der Waals surface area contributed by atoms with Crippen LogP contribution in [0, 0.1) is 11.3 Å². The fourth-order valence-corrected chi connectivity index (χ4v) is 2.04. The molecule has 0 radical (unpaired) electrons. The van der Waals surface area contributed by atoms with Gasteiger partial charge in [-0.05, 0) is 36.4 Å². The molecule has 0 saturated carbocycles. The van der Waals surface area contributed by atoms with Crippen molar-refractivity contribution in [3.05, 3.63) is 64.7 Å². The van der Waals surface area contributed by atoms with E-state index in [9.17, 15) is 14.9 Å². The van der Waals surface area contributed by atoms with Gasteiger partial charge < -0.3 is 15.8 Å². The van der Waals surface area contributed by atoms with Crippen LogP contribution in [0.5, 0.6) is 5.75 Å². The summed E-state index contributed by atoms with van der Waals surface area (Å²) >= 11 is 5.79. The molecule has 2 aromatic rings. The predicted octanol–water partition coefficient (Wildman–Crippen LogP) is 2.75. The fraction of sp³-hybridized carbons (Fsp3) is 0.0556. The quantitative estimate of drug-likeness (QED) is 0.613. The zero-order chi connectivity index (χ0) is 18.2. The van der Waals surface area contributed by atoms with Crippen LogP contribution in [-0.2, 0) is 9.59 Å². The third-order valence-electron chi connectivity index (χ3n) is 3.06. The van der Waals surface area contributed by atoms with E-state index in [2.05, 4.69) is 5.32 Å². The summed E-state index contributed by atoms with van der Waals surface area (Å²) in [7, 11) is 0. The Kier molecular flexibility index (Phi) is 6.15. The molecule has 2 rings (SSSR count). The van der Waals surface area contributed by atoms with Crippen molar-refractivity contribution in [3.8, 4) is 11.8 Å². The third kappa shape index (κ3) is 5.37. The molecule has 2 amide bonds. The van der Waals surface area contributed by atoms with Gasteiger partial charge in [0.05, 0.1) is 0 Å². The van der Waals surface area contributed by atoms with Gasteiger partial charge in [0.25, 0.3) is 11.8 Å². The van der Waals surface area contributed by atoms with Crippen molar-refractivity contribution in [3.63, 3.8) is 0 Å². The lowest BCUT2D eigenvalue weighted by Gasteiger charge is -2.08. The van der Waals surface area contributed by atoms with Crippen molar-refractivity contribution < 1.29 is 14.3 Å². The largest absolute Gasteiger partial charge is 0.483 e. The van der Waals surface area contributed by atoms with Crippen LogP contribution in [-0.4, -0.2) is 18.4 Å². The van der Waals surface area contributed by atoms with E-state index in [1.165, 1.54) is 6.08 Å². The van der Waals surface area contributed by atoms with Gasteiger partial charge in [0.2, 0.25) is 0 Å². The topological polar surface area (TPSA) is 105 Å². The molecule has 0 aliphatic rings. The highest BCUT2D eigenvalue weighted by molar-refractivity contribution is 6.30.